The molecule has 0 saturated heterocycles. The van der Waals surface area contributed by atoms with Gasteiger partial charge in [-0.1, -0.05) is 42.5 Å². The van der Waals surface area contributed by atoms with Gasteiger partial charge < -0.3 is 9.84 Å². The Bertz CT molecular complexity index is 536. The molecular formula is C19H24O3. The van der Waals surface area contributed by atoms with Gasteiger partial charge in [-0.25, -0.2) is 0 Å². The van der Waals surface area contributed by atoms with Gasteiger partial charge in [0.15, 0.2) is 0 Å². The van der Waals surface area contributed by atoms with Gasteiger partial charge in [0.25, 0.3) is 0 Å². The number of hydrogen-bond donors (Lipinski definition) is 1. The van der Waals surface area contributed by atoms with Crippen molar-refractivity contribution in [2.24, 2.45) is 0 Å². The van der Waals surface area contributed by atoms with Crippen LogP contribution in [0.4, 0.5) is 0 Å². The molecule has 3 heteroatoms. The first-order valence-corrected chi connectivity index (χ1v) is 7.53. The van der Waals surface area contributed by atoms with Crippen molar-refractivity contribution in [1.29, 1.82) is 0 Å². The first kappa shape index (κ1) is 17.8. The van der Waals surface area contributed by atoms with Crippen molar-refractivity contribution in [3.8, 4) is 5.75 Å². The second-order valence-corrected chi connectivity index (χ2v) is 4.90. The zero-order valence-corrected chi connectivity index (χ0v) is 13.3. The fourth-order valence-electron chi connectivity index (χ4n) is 1.95. The summed E-state index contributed by atoms with van der Waals surface area (Å²) in [6.45, 7) is 4.61. The van der Waals surface area contributed by atoms with E-state index >= 15 is 0 Å². The fraction of sp³-hybridized carbons (Fsp3) is 0.316. The Kier molecular flexibility index (Phi) is 8.43. The summed E-state index contributed by atoms with van der Waals surface area (Å²) in [5, 5.41) is 8.66. The van der Waals surface area contributed by atoms with Gasteiger partial charge in [-0.3, -0.25) is 4.79 Å². The molecule has 0 saturated carbocycles. The summed E-state index contributed by atoms with van der Waals surface area (Å²) in [6, 6.07) is 7.62. The predicted molar refractivity (Wildman–Crippen MR) is 90.2 cm³/mol. The van der Waals surface area contributed by atoms with E-state index in [1.807, 2.05) is 56.3 Å². The molecule has 1 aromatic rings. The second kappa shape index (κ2) is 10.4. The van der Waals surface area contributed by atoms with Crippen LogP contribution in [0.1, 0.15) is 32.3 Å². The van der Waals surface area contributed by atoms with Crippen LogP contribution in [0.3, 0.4) is 0 Å². The Morgan fingerprint density at radius 2 is 1.86 bits per heavy atom. The highest BCUT2D eigenvalue weighted by Crippen LogP contribution is 2.15. The largest absolute Gasteiger partial charge is 0.493 e. The van der Waals surface area contributed by atoms with Crippen LogP contribution in [0, 0.1) is 0 Å². The van der Waals surface area contributed by atoms with E-state index in [9.17, 15) is 4.79 Å². The Labute approximate surface area is 132 Å². The lowest BCUT2D eigenvalue weighted by Gasteiger charge is -2.07. The van der Waals surface area contributed by atoms with Gasteiger partial charge in [-0.15, -0.1) is 0 Å². The lowest BCUT2D eigenvalue weighted by atomic mass is 10.1. The summed E-state index contributed by atoms with van der Waals surface area (Å²) in [4.78, 5) is 10.5. The highest BCUT2D eigenvalue weighted by atomic mass is 16.5. The summed E-state index contributed by atoms with van der Waals surface area (Å²) in [5.41, 5.74) is 2.23. The number of aliphatic carboxylic acids is 1. The minimum absolute atomic E-state index is 0.155. The molecule has 0 amide bonds. The number of aryl methyl sites for hydroxylation is 1. The minimum atomic E-state index is -0.773. The molecule has 0 spiro atoms. The number of benzene rings is 1. The van der Waals surface area contributed by atoms with Gasteiger partial charge in [0.05, 0.1) is 6.61 Å². The third-order valence-electron chi connectivity index (χ3n) is 3.09. The smallest absolute Gasteiger partial charge is 0.303 e. The molecular weight excluding hydrogens is 276 g/mol. The molecule has 0 radical (unpaired) electrons. The normalized spacial score (nSPS) is 12.2. The summed E-state index contributed by atoms with van der Waals surface area (Å²) in [6.07, 6.45) is 11.8. The molecule has 0 unspecified atom stereocenters. The number of ether oxygens (including phenoxy) is 1. The lowest BCUT2D eigenvalue weighted by Crippen LogP contribution is -1.99. The summed E-state index contributed by atoms with van der Waals surface area (Å²) in [7, 11) is 0. The van der Waals surface area contributed by atoms with Gasteiger partial charge >= 0.3 is 5.97 Å². The molecule has 0 fully saturated rings. The highest BCUT2D eigenvalue weighted by molar-refractivity contribution is 5.67. The minimum Gasteiger partial charge on any atom is -0.493 e. The van der Waals surface area contributed by atoms with Crippen molar-refractivity contribution < 1.29 is 14.6 Å². The number of carboxylic acid groups (broad SMARTS) is 1. The van der Waals surface area contributed by atoms with Crippen molar-refractivity contribution in [2.45, 2.75) is 33.1 Å². The maximum Gasteiger partial charge on any atom is 0.303 e. The van der Waals surface area contributed by atoms with Crippen molar-refractivity contribution >= 4 is 5.97 Å². The van der Waals surface area contributed by atoms with Crippen LogP contribution in [0.25, 0.3) is 0 Å². The molecule has 0 heterocycles. The zero-order chi connectivity index (χ0) is 16.2. The third kappa shape index (κ3) is 7.48. The van der Waals surface area contributed by atoms with Crippen LogP contribution in [-0.4, -0.2) is 17.7 Å². The number of allylic oxidation sites excluding steroid dienone is 5. The van der Waals surface area contributed by atoms with E-state index < -0.39 is 5.97 Å². The third-order valence-corrected chi connectivity index (χ3v) is 3.09. The van der Waals surface area contributed by atoms with Crippen LogP contribution < -0.4 is 4.74 Å². The molecule has 0 atom stereocenters. The van der Waals surface area contributed by atoms with Gasteiger partial charge in [-0.05, 0) is 43.5 Å². The monoisotopic (exact) mass is 300 g/mol. The van der Waals surface area contributed by atoms with E-state index in [1.165, 1.54) is 5.57 Å². The van der Waals surface area contributed by atoms with Crippen LogP contribution in [0.15, 0.2) is 60.2 Å². The summed E-state index contributed by atoms with van der Waals surface area (Å²) >= 11 is 0. The quantitative estimate of drug-likeness (QED) is 0.680. The van der Waals surface area contributed by atoms with Gasteiger partial charge in [0.2, 0.25) is 0 Å². The van der Waals surface area contributed by atoms with Crippen molar-refractivity contribution in [2.75, 3.05) is 6.61 Å². The number of carboxylic acids is 1. The van der Waals surface area contributed by atoms with E-state index in [1.54, 1.807) is 0 Å². The van der Waals surface area contributed by atoms with E-state index in [-0.39, 0.29) is 6.42 Å². The molecule has 0 bridgehead atoms. The summed E-state index contributed by atoms with van der Waals surface area (Å²) in [5.74, 6) is 0.0367. The predicted octanol–water partition coefficient (Wildman–Crippen LogP) is 4.55. The average molecular weight is 300 g/mol. The zero-order valence-electron chi connectivity index (χ0n) is 13.3. The second-order valence-electron chi connectivity index (χ2n) is 4.90. The Hall–Kier alpha value is -2.29. The fourth-order valence-corrected chi connectivity index (χ4v) is 1.95. The topological polar surface area (TPSA) is 46.5 Å². The van der Waals surface area contributed by atoms with Crippen LogP contribution in [0.5, 0.6) is 5.75 Å². The Morgan fingerprint density at radius 1 is 1.14 bits per heavy atom. The van der Waals surface area contributed by atoms with E-state index in [0.717, 1.165) is 17.7 Å². The molecule has 0 aromatic heterocycles. The van der Waals surface area contributed by atoms with E-state index in [4.69, 9.17) is 9.84 Å². The molecule has 1 N–H and O–H groups in total. The summed E-state index contributed by atoms with van der Waals surface area (Å²) < 4.78 is 5.73. The molecule has 0 aliphatic carbocycles. The maximum absolute atomic E-state index is 10.5. The first-order chi connectivity index (χ1) is 10.7. The van der Waals surface area contributed by atoms with Gasteiger partial charge in [-0.2, -0.15) is 0 Å². The molecule has 22 heavy (non-hydrogen) atoms. The number of rotatable bonds is 9. The van der Waals surface area contributed by atoms with Crippen molar-refractivity contribution in [1.82, 2.24) is 0 Å². The van der Waals surface area contributed by atoms with Crippen molar-refractivity contribution in [3.05, 3.63) is 65.8 Å². The standard InChI is InChI=1S/C19H24O3/c1-3-5-7-16(6-4-2)14-15-22-18-11-8-17(9-12-18)10-13-19(20)21/h3-9,11-12H,10,13-15H2,1-2H3,(H,20,21)/b5-3-,6-4-,16-7+. The molecule has 0 aliphatic rings. The van der Waals surface area contributed by atoms with Gasteiger partial charge in [0.1, 0.15) is 5.75 Å². The maximum atomic E-state index is 10.5. The van der Waals surface area contributed by atoms with Gasteiger partial charge in [0, 0.05) is 12.8 Å². The lowest BCUT2D eigenvalue weighted by molar-refractivity contribution is -0.136. The molecule has 1 rings (SSSR count). The molecule has 3 nitrogen and oxygen atoms in total. The average Bonchev–Trinajstić information content (AvgIpc) is 2.51. The number of hydrogen-bond acceptors (Lipinski definition) is 2. The number of carbonyl (C=O) groups is 1. The Morgan fingerprint density at radius 3 is 2.45 bits per heavy atom. The molecule has 0 aliphatic heterocycles. The van der Waals surface area contributed by atoms with Crippen LogP contribution in [-0.2, 0) is 11.2 Å². The van der Waals surface area contributed by atoms with E-state index in [0.29, 0.717) is 13.0 Å². The van der Waals surface area contributed by atoms with Crippen LogP contribution >= 0.6 is 0 Å². The highest BCUT2D eigenvalue weighted by Gasteiger charge is 2.00. The SMILES string of the molecule is C\C=C/C=C(\C=C/C)CCOc1ccc(CCC(=O)O)cc1. The van der Waals surface area contributed by atoms with Crippen molar-refractivity contribution in [3.63, 3.8) is 0 Å². The molecule has 118 valence electrons. The first-order valence-electron chi connectivity index (χ1n) is 7.53. The van der Waals surface area contributed by atoms with Crippen LogP contribution in [0.2, 0.25) is 0 Å². The Balaban J connectivity index is 2.45. The molecule has 1 aromatic carbocycles. The van der Waals surface area contributed by atoms with E-state index in [2.05, 4.69) is 12.2 Å².